The van der Waals surface area contributed by atoms with Crippen molar-refractivity contribution in [3.63, 3.8) is 0 Å². The molecule has 9 heteroatoms. The number of benzene rings is 1. The van der Waals surface area contributed by atoms with Crippen molar-refractivity contribution in [2.75, 3.05) is 40.3 Å². The zero-order chi connectivity index (χ0) is 20.7. The molecule has 0 radical (unpaired) electrons. The summed E-state index contributed by atoms with van der Waals surface area (Å²) in [5.74, 6) is -0.0893. The maximum Gasteiger partial charge on any atom is 0.320 e. The SMILES string of the molecule is CCOC(=O)CN(CC(=O)NCc1ccccc1S(=O)(=O)N(C)C)CC1CC1. The number of sulfonamides is 1. The van der Waals surface area contributed by atoms with Crippen LogP contribution in [0, 0.1) is 5.92 Å². The molecule has 1 amide bonds. The molecule has 28 heavy (non-hydrogen) atoms. The highest BCUT2D eigenvalue weighted by atomic mass is 32.2. The van der Waals surface area contributed by atoms with Crippen LogP contribution in [0.4, 0.5) is 0 Å². The molecule has 0 spiro atoms. The van der Waals surface area contributed by atoms with E-state index < -0.39 is 10.0 Å². The molecule has 1 aromatic rings. The number of amides is 1. The van der Waals surface area contributed by atoms with Gasteiger partial charge in [-0.3, -0.25) is 14.5 Å². The van der Waals surface area contributed by atoms with E-state index in [9.17, 15) is 18.0 Å². The van der Waals surface area contributed by atoms with Crippen LogP contribution in [0.1, 0.15) is 25.3 Å². The summed E-state index contributed by atoms with van der Waals surface area (Å²) in [7, 11) is -0.662. The van der Waals surface area contributed by atoms with E-state index in [4.69, 9.17) is 4.74 Å². The fourth-order valence-electron chi connectivity index (χ4n) is 2.79. The fourth-order valence-corrected chi connectivity index (χ4v) is 3.91. The molecule has 0 saturated heterocycles. The van der Waals surface area contributed by atoms with Crippen molar-refractivity contribution < 1.29 is 22.7 Å². The Morgan fingerprint density at radius 3 is 2.46 bits per heavy atom. The summed E-state index contributed by atoms with van der Waals surface area (Å²) < 4.78 is 31.0. The van der Waals surface area contributed by atoms with Crippen molar-refractivity contribution >= 4 is 21.9 Å². The Morgan fingerprint density at radius 2 is 1.86 bits per heavy atom. The second-order valence-electron chi connectivity index (χ2n) is 7.09. The monoisotopic (exact) mass is 411 g/mol. The minimum atomic E-state index is -3.60. The Bertz CT molecular complexity index is 791. The Kier molecular flexibility index (Phi) is 7.97. The lowest BCUT2D eigenvalue weighted by Crippen LogP contribution is -2.41. The fraction of sp³-hybridized carbons (Fsp3) is 0.579. The summed E-state index contributed by atoms with van der Waals surface area (Å²) in [4.78, 5) is 26.1. The number of carbonyl (C=O) groups excluding carboxylic acids is 2. The van der Waals surface area contributed by atoms with Gasteiger partial charge in [-0.1, -0.05) is 18.2 Å². The molecular weight excluding hydrogens is 382 g/mol. The Morgan fingerprint density at radius 1 is 1.18 bits per heavy atom. The topological polar surface area (TPSA) is 96.0 Å². The Balaban J connectivity index is 1.98. The molecule has 0 unspecified atom stereocenters. The molecule has 1 fully saturated rings. The first-order valence-electron chi connectivity index (χ1n) is 9.39. The summed E-state index contributed by atoms with van der Waals surface area (Å²) in [6, 6.07) is 6.59. The van der Waals surface area contributed by atoms with Gasteiger partial charge in [0.05, 0.1) is 24.6 Å². The van der Waals surface area contributed by atoms with Crippen molar-refractivity contribution in [1.29, 1.82) is 0 Å². The summed E-state index contributed by atoms with van der Waals surface area (Å²) in [5.41, 5.74) is 0.517. The molecule has 1 aromatic carbocycles. The third kappa shape index (κ3) is 6.57. The van der Waals surface area contributed by atoms with Gasteiger partial charge in [0.1, 0.15) is 0 Å². The number of nitrogens with zero attached hydrogens (tertiary/aromatic N) is 2. The molecule has 8 nitrogen and oxygen atoms in total. The van der Waals surface area contributed by atoms with Gasteiger partial charge in [-0.05, 0) is 37.3 Å². The minimum absolute atomic E-state index is 0.0674. The van der Waals surface area contributed by atoms with Crippen LogP contribution in [0.25, 0.3) is 0 Å². The molecule has 2 rings (SSSR count). The molecule has 1 aliphatic rings. The van der Waals surface area contributed by atoms with E-state index >= 15 is 0 Å². The highest BCUT2D eigenvalue weighted by Crippen LogP contribution is 2.29. The van der Waals surface area contributed by atoms with E-state index in [-0.39, 0.29) is 36.4 Å². The third-order valence-electron chi connectivity index (χ3n) is 4.45. The van der Waals surface area contributed by atoms with Crippen molar-refractivity contribution in [1.82, 2.24) is 14.5 Å². The number of esters is 1. The molecule has 0 atom stereocenters. The van der Waals surface area contributed by atoms with Gasteiger partial charge in [-0.2, -0.15) is 0 Å². The number of carbonyl (C=O) groups is 2. The third-order valence-corrected chi connectivity index (χ3v) is 6.36. The maximum absolute atomic E-state index is 12.4. The minimum Gasteiger partial charge on any atom is -0.465 e. The second-order valence-corrected chi connectivity index (χ2v) is 9.21. The van der Waals surface area contributed by atoms with E-state index in [0.717, 1.165) is 17.1 Å². The molecule has 0 aliphatic heterocycles. The predicted molar refractivity (Wildman–Crippen MR) is 105 cm³/mol. The van der Waals surface area contributed by atoms with Crippen molar-refractivity contribution in [3.8, 4) is 0 Å². The number of rotatable bonds is 11. The summed E-state index contributed by atoms with van der Waals surface area (Å²) in [6.45, 7) is 2.96. The number of hydrogen-bond acceptors (Lipinski definition) is 6. The molecule has 0 bridgehead atoms. The number of hydrogen-bond donors (Lipinski definition) is 1. The van der Waals surface area contributed by atoms with Crippen LogP contribution >= 0.6 is 0 Å². The van der Waals surface area contributed by atoms with Crippen LogP contribution in [0.5, 0.6) is 0 Å². The predicted octanol–water partition coefficient (Wildman–Crippen LogP) is 0.828. The van der Waals surface area contributed by atoms with Crippen molar-refractivity contribution in [2.45, 2.75) is 31.2 Å². The summed E-state index contributed by atoms with van der Waals surface area (Å²) >= 11 is 0. The van der Waals surface area contributed by atoms with Gasteiger partial charge in [0.2, 0.25) is 15.9 Å². The highest BCUT2D eigenvalue weighted by molar-refractivity contribution is 7.89. The standard InChI is InChI=1S/C19H29N3O5S/c1-4-27-19(24)14-22(12-15-9-10-15)13-18(23)20-11-16-7-5-6-8-17(16)28(25,26)21(2)3/h5-8,15H,4,9-14H2,1-3H3,(H,20,23). The van der Waals surface area contributed by atoms with E-state index in [0.29, 0.717) is 24.6 Å². The first-order valence-corrected chi connectivity index (χ1v) is 10.8. The molecular formula is C19H29N3O5S. The normalized spacial score (nSPS) is 14.3. The zero-order valence-corrected chi connectivity index (χ0v) is 17.5. The van der Waals surface area contributed by atoms with Gasteiger partial charge >= 0.3 is 5.97 Å². The van der Waals surface area contributed by atoms with Crippen LogP contribution in [0.2, 0.25) is 0 Å². The first-order chi connectivity index (χ1) is 13.2. The summed E-state index contributed by atoms with van der Waals surface area (Å²) in [5, 5.41) is 2.76. The molecule has 1 aliphatic carbocycles. The van der Waals surface area contributed by atoms with E-state index in [1.54, 1.807) is 30.0 Å². The molecule has 1 N–H and O–H groups in total. The van der Waals surface area contributed by atoms with Crippen LogP contribution in [-0.2, 0) is 30.9 Å². The van der Waals surface area contributed by atoms with Gasteiger partial charge in [-0.15, -0.1) is 0 Å². The van der Waals surface area contributed by atoms with Crippen molar-refractivity contribution in [2.24, 2.45) is 5.92 Å². The number of nitrogens with one attached hydrogen (secondary N) is 1. The largest absolute Gasteiger partial charge is 0.465 e. The maximum atomic E-state index is 12.4. The second kappa shape index (κ2) is 9.99. The van der Waals surface area contributed by atoms with Crippen LogP contribution in [0.15, 0.2) is 29.2 Å². The lowest BCUT2D eigenvalue weighted by molar-refractivity contribution is -0.144. The van der Waals surface area contributed by atoms with Gasteiger partial charge in [0.25, 0.3) is 0 Å². The van der Waals surface area contributed by atoms with Crippen LogP contribution < -0.4 is 5.32 Å². The average Bonchev–Trinajstić information content (AvgIpc) is 3.44. The van der Waals surface area contributed by atoms with Gasteiger partial charge in [0.15, 0.2) is 0 Å². The average molecular weight is 412 g/mol. The lowest BCUT2D eigenvalue weighted by Gasteiger charge is -2.21. The smallest absolute Gasteiger partial charge is 0.320 e. The van der Waals surface area contributed by atoms with E-state index in [1.165, 1.54) is 20.2 Å². The van der Waals surface area contributed by atoms with Gasteiger partial charge in [0, 0.05) is 27.2 Å². The Hall–Kier alpha value is -1.97. The molecule has 156 valence electrons. The molecule has 0 heterocycles. The Labute approximate surface area is 166 Å². The number of ether oxygens (including phenoxy) is 1. The molecule has 0 aromatic heterocycles. The zero-order valence-electron chi connectivity index (χ0n) is 16.7. The van der Waals surface area contributed by atoms with Gasteiger partial charge in [-0.25, -0.2) is 12.7 Å². The van der Waals surface area contributed by atoms with Gasteiger partial charge < -0.3 is 10.1 Å². The highest BCUT2D eigenvalue weighted by Gasteiger charge is 2.27. The summed E-state index contributed by atoms with van der Waals surface area (Å²) in [6.07, 6.45) is 2.22. The first kappa shape index (κ1) is 22.3. The van der Waals surface area contributed by atoms with Crippen molar-refractivity contribution in [3.05, 3.63) is 29.8 Å². The van der Waals surface area contributed by atoms with E-state index in [2.05, 4.69) is 5.32 Å². The quantitative estimate of drug-likeness (QED) is 0.542. The lowest BCUT2D eigenvalue weighted by atomic mass is 10.2. The molecule has 1 saturated carbocycles. The van der Waals surface area contributed by atoms with Crippen LogP contribution in [-0.4, -0.2) is 69.8 Å². The van der Waals surface area contributed by atoms with Crippen LogP contribution in [0.3, 0.4) is 0 Å². The van der Waals surface area contributed by atoms with E-state index in [1.807, 2.05) is 0 Å².